The molecular weight excluding hydrogens is 604 g/mol. The minimum atomic E-state index is -1.17. The van der Waals surface area contributed by atoms with Gasteiger partial charge in [0.2, 0.25) is 11.8 Å². The first kappa shape index (κ1) is 36.8. The predicted octanol–water partition coefficient (Wildman–Crippen LogP) is 0.488. The van der Waals surface area contributed by atoms with Crippen LogP contribution in [-0.4, -0.2) is 153 Å². The topological polar surface area (TPSA) is 135 Å². The zero-order valence-electron chi connectivity index (χ0n) is 29.1. The molecule has 0 aromatic carbocycles. The van der Waals surface area contributed by atoms with Gasteiger partial charge < -0.3 is 37.2 Å². The first-order valence-electron chi connectivity index (χ1n) is 18.5. The molecule has 11 nitrogen and oxygen atoms in total. The molecule has 13 heteroatoms. The van der Waals surface area contributed by atoms with Crippen molar-refractivity contribution >= 4 is 11.8 Å². The average molecular weight is 668 g/mol. The van der Waals surface area contributed by atoms with Gasteiger partial charge in [-0.15, -0.1) is 0 Å². The Bertz CT molecular complexity index is 1020. The molecule has 0 aromatic rings. The summed E-state index contributed by atoms with van der Waals surface area (Å²) in [5, 5.41) is 9.60. The first-order chi connectivity index (χ1) is 22.5. The fourth-order valence-electron chi connectivity index (χ4n) is 8.98. The van der Waals surface area contributed by atoms with Gasteiger partial charge in [0.25, 0.3) is 0 Å². The van der Waals surface area contributed by atoms with E-state index in [0.29, 0.717) is 51.4 Å². The quantitative estimate of drug-likeness (QED) is 0.211. The summed E-state index contributed by atoms with van der Waals surface area (Å²) in [6, 6.07) is -0.757. The van der Waals surface area contributed by atoms with Gasteiger partial charge in [0.15, 0.2) is 0 Å². The van der Waals surface area contributed by atoms with E-state index in [9.17, 15) is 14.0 Å². The number of piperazine rings is 1. The lowest BCUT2D eigenvalue weighted by Gasteiger charge is -2.48. The number of halogens is 2. The molecule has 0 aromatic heterocycles. The first-order valence-corrected chi connectivity index (χ1v) is 18.5. The Morgan fingerprint density at radius 2 is 1.68 bits per heavy atom. The van der Waals surface area contributed by atoms with Crippen molar-refractivity contribution in [1.82, 2.24) is 35.6 Å². The van der Waals surface area contributed by atoms with Crippen molar-refractivity contribution in [3.63, 3.8) is 0 Å². The van der Waals surface area contributed by atoms with Gasteiger partial charge in [0.05, 0.1) is 24.2 Å². The van der Waals surface area contributed by atoms with Crippen LogP contribution in [0.3, 0.4) is 0 Å². The van der Waals surface area contributed by atoms with Crippen molar-refractivity contribution in [3.05, 3.63) is 0 Å². The standard InChI is InChI=1S/C34H63F2N9O2/c1-4-5-9-34(2)10-6-24(35)18-40-27(17-34)29(31(37)38)32(46)41-28-20-39-19-26(36)30(28)44-11-7-23(8-12-44)33(47)45-15-13-43(14-16-45)25-21-42(3)22-25/h23-31,39-40H,4-22,37-38H2,1-3H3,(H,41,46). The maximum Gasteiger partial charge on any atom is 0.227 e. The molecule has 5 aliphatic heterocycles. The minimum absolute atomic E-state index is 0.0492. The number of alkyl halides is 2. The van der Waals surface area contributed by atoms with Gasteiger partial charge in [-0.2, -0.15) is 0 Å². The molecular formula is C34H63F2N9O2. The molecule has 7 unspecified atom stereocenters. The van der Waals surface area contributed by atoms with Gasteiger partial charge >= 0.3 is 0 Å². The van der Waals surface area contributed by atoms with Crippen LogP contribution in [0.1, 0.15) is 65.2 Å². The van der Waals surface area contributed by atoms with Crippen molar-refractivity contribution in [3.8, 4) is 0 Å². The summed E-state index contributed by atoms with van der Waals surface area (Å²) in [5.74, 6) is -0.910. The molecule has 0 spiro atoms. The second-order valence-electron chi connectivity index (χ2n) is 15.7. The number of likely N-dealkylation sites (tertiary alicyclic amines) is 2. The number of piperidine rings is 2. The number of nitrogens with one attached hydrogen (secondary N) is 3. The van der Waals surface area contributed by atoms with Crippen LogP contribution in [0.25, 0.3) is 0 Å². The highest BCUT2D eigenvalue weighted by molar-refractivity contribution is 5.80. The van der Waals surface area contributed by atoms with Crippen LogP contribution in [0.2, 0.25) is 0 Å². The third-order valence-electron chi connectivity index (χ3n) is 12.0. The molecule has 0 saturated carbocycles. The molecule has 0 bridgehead atoms. The highest BCUT2D eigenvalue weighted by Crippen LogP contribution is 2.38. The van der Waals surface area contributed by atoms with Gasteiger partial charge in [-0.1, -0.05) is 26.7 Å². The maximum atomic E-state index is 15.7. The number of hydrogen-bond acceptors (Lipinski definition) is 9. The Kier molecular flexibility index (Phi) is 12.9. The Morgan fingerprint density at radius 3 is 2.32 bits per heavy atom. The third-order valence-corrected chi connectivity index (χ3v) is 12.0. The molecule has 47 heavy (non-hydrogen) atoms. The Hall–Kier alpha value is -1.48. The molecule has 5 aliphatic rings. The minimum Gasteiger partial charge on any atom is -0.350 e. The van der Waals surface area contributed by atoms with Gasteiger partial charge in [-0.3, -0.25) is 19.4 Å². The van der Waals surface area contributed by atoms with E-state index >= 15 is 4.39 Å². The van der Waals surface area contributed by atoms with Crippen molar-refractivity contribution in [1.29, 1.82) is 0 Å². The van der Waals surface area contributed by atoms with E-state index in [1.165, 1.54) is 0 Å². The van der Waals surface area contributed by atoms with Crippen molar-refractivity contribution in [2.24, 2.45) is 28.7 Å². The van der Waals surface area contributed by atoms with Crippen molar-refractivity contribution < 1.29 is 18.4 Å². The molecule has 5 heterocycles. The van der Waals surface area contributed by atoms with E-state index in [1.807, 2.05) is 4.90 Å². The molecule has 7 N–H and O–H groups in total. The van der Waals surface area contributed by atoms with E-state index < -0.39 is 36.5 Å². The molecule has 5 fully saturated rings. The van der Waals surface area contributed by atoms with Gasteiger partial charge in [-0.25, -0.2) is 8.78 Å². The van der Waals surface area contributed by atoms with Crippen LogP contribution in [-0.2, 0) is 9.59 Å². The smallest absolute Gasteiger partial charge is 0.227 e. The monoisotopic (exact) mass is 668 g/mol. The molecule has 7 atom stereocenters. The summed E-state index contributed by atoms with van der Waals surface area (Å²) >= 11 is 0. The van der Waals surface area contributed by atoms with Crippen LogP contribution in [0.5, 0.6) is 0 Å². The van der Waals surface area contributed by atoms with E-state index in [-0.39, 0.29) is 42.3 Å². The summed E-state index contributed by atoms with van der Waals surface area (Å²) in [6.07, 6.45) is 3.23. The number of rotatable bonds is 10. The number of unbranched alkanes of at least 4 members (excludes halogenated alkanes) is 1. The maximum absolute atomic E-state index is 15.7. The molecule has 0 aliphatic carbocycles. The fraction of sp³-hybridized carbons (Fsp3) is 0.941. The summed E-state index contributed by atoms with van der Waals surface area (Å²) in [6.45, 7) is 12.0. The molecule has 270 valence electrons. The summed E-state index contributed by atoms with van der Waals surface area (Å²) in [5.41, 5.74) is 12.4. The zero-order valence-corrected chi connectivity index (χ0v) is 29.1. The largest absolute Gasteiger partial charge is 0.350 e. The molecule has 5 saturated heterocycles. The Labute approximate surface area is 281 Å². The highest BCUT2D eigenvalue weighted by atomic mass is 19.1. The van der Waals surface area contributed by atoms with Crippen molar-refractivity contribution in [2.75, 3.05) is 79.0 Å². The SMILES string of the molecule is CCCCC1(C)CCC(F)CNC(C(C(=O)NC2CNCC(F)C2N2CCC(C(=O)N3CCN(C4CN(C)C4)CC3)CC2)C(N)N)C1. The van der Waals surface area contributed by atoms with Crippen LogP contribution in [0.4, 0.5) is 8.78 Å². The number of amides is 2. The van der Waals surface area contributed by atoms with Crippen LogP contribution < -0.4 is 27.4 Å². The van der Waals surface area contributed by atoms with E-state index in [0.717, 1.165) is 65.0 Å². The van der Waals surface area contributed by atoms with Crippen molar-refractivity contribution in [2.45, 2.75) is 108 Å². The van der Waals surface area contributed by atoms with E-state index in [1.54, 1.807) is 0 Å². The second kappa shape index (κ2) is 16.5. The number of carbonyl (C=O) groups excluding carboxylic acids is 2. The lowest BCUT2D eigenvalue weighted by molar-refractivity contribution is -0.140. The molecule has 2 amide bonds. The zero-order chi connectivity index (χ0) is 33.7. The highest BCUT2D eigenvalue weighted by Gasteiger charge is 2.44. The van der Waals surface area contributed by atoms with Gasteiger partial charge in [0.1, 0.15) is 12.3 Å². The number of hydrogen-bond donors (Lipinski definition) is 5. The van der Waals surface area contributed by atoms with Gasteiger partial charge in [-0.05, 0) is 64.1 Å². The number of nitrogens with zero attached hydrogens (tertiary/aromatic N) is 4. The Balaban J connectivity index is 1.18. The Morgan fingerprint density at radius 1 is 0.979 bits per heavy atom. The lowest BCUT2D eigenvalue weighted by atomic mass is 9.71. The lowest BCUT2D eigenvalue weighted by Crippen LogP contribution is -2.68. The summed E-state index contributed by atoms with van der Waals surface area (Å²) < 4.78 is 30.4. The van der Waals surface area contributed by atoms with Gasteiger partial charge in [0, 0.05) is 76.9 Å². The van der Waals surface area contributed by atoms with E-state index in [4.69, 9.17) is 11.5 Å². The number of nitrogens with two attached hydrogens (primary N) is 2. The number of likely N-dealkylation sites (N-methyl/N-ethyl adjacent to an activating group) is 1. The van der Waals surface area contributed by atoms with Crippen LogP contribution in [0.15, 0.2) is 0 Å². The molecule has 0 radical (unpaired) electrons. The molecule has 5 rings (SSSR count). The predicted molar refractivity (Wildman–Crippen MR) is 181 cm³/mol. The normalized spacial score (nSPS) is 35.2. The van der Waals surface area contributed by atoms with E-state index in [2.05, 4.69) is 51.5 Å². The second-order valence-corrected chi connectivity index (χ2v) is 15.7. The number of carbonyl (C=O) groups is 2. The van der Waals surface area contributed by atoms with Crippen LogP contribution in [0, 0.1) is 17.3 Å². The van der Waals surface area contributed by atoms with Crippen LogP contribution >= 0.6 is 0 Å². The summed E-state index contributed by atoms with van der Waals surface area (Å²) in [4.78, 5) is 36.4. The average Bonchev–Trinajstić information content (AvgIpc) is 3.03. The summed E-state index contributed by atoms with van der Waals surface area (Å²) in [7, 11) is 2.14. The fourth-order valence-corrected chi connectivity index (χ4v) is 8.98. The third kappa shape index (κ3) is 9.20.